The molecule has 0 amide bonds. The van der Waals surface area contributed by atoms with Crippen LogP contribution in [-0.2, 0) is 0 Å². The summed E-state index contributed by atoms with van der Waals surface area (Å²) >= 11 is 18.6. The predicted octanol–water partition coefficient (Wildman–Crippen LogP) is 6.58. The number of methoxy groups -OCH3 is 1. The van der Waals surface area contributed by atoms with Gasteiger partial charge in [-0.3, -0.25) is 0 Å². The largest absolute Gasteiger partial charge is 0.496 e. The summed E-state index contributed by atoms with van der Waals surface area (Å²) in [7, 11) is 1.55. The number of nitrogens with zero attached hydrogens (tertiary/aromatic N) is 1. The van der Waals surface area contributed by atoms with Gasteiger partial charge in [-0.1, -0.05) is 40.9 Å². The SMILES string of the molecule is COc1cccc(Cl)c1-c1cnc(N)c(OC(C)c2c(Cl)ccc(F)c2Cl)c1. The molecule has 0 aliphatic carbocycles. The lowest BCUT2D eigenvalue weighted by Gasteiger charge is -2.19. The molecule has 146 valence electrons. The van der Waals surface area contributed by atoms with Gasteiger partial charge in [0.2, 0.25) is 0 Å². The highest BCUT2D eigenvalue weighted by Gasteiger charge is 2.21. The molecule has 0 bridgehead atoms. The molecule has 0 aliphatic heterocycles. The Morgan fingerprint density at radius 2 is 1.82 bits per heavy atom. The number of nitrogen functional groups attached to an aromatic ring is 1. The van der Waals surface area contributed by atoms with Gasteiger partial charge in [-0.15, -0.1) is 0 Å². The molecule has 1 unspecified atom stereocenters. The van der Waals surface area contributed by atoms with E-state index in [1.807, 2.05) is 0 Å². The molecule has 3 aromatic rings. The number of halogens is 4. The van der Waals surface area contributed by atoms with E-state index in [1.165, 1.54) is 12.1 Å². The molecule has 2 aromatic carbocycles. The Balaban J connectivity index is 2.01. The fraction of sp³-hybridized carbons (Fsp3) is 0.150. The molecule has 0 fully saturated rings. The zero-order valence-electron chi connectivity index (χ0n) is 15.0. The van der Waals surface area contributed by atoms with E-state index in [-0.39, 0.29) is 21.6 Å². The van der Waals surface area contributed by atoms with Crippen LogP contribution in [0.1, 0.15) is 18.6 Å². The van der Waals surface area contributed by atoms with Gasteiger partial charge in [-0.25, -0.2) is 9.37 Å². The average molecular weight is 442 g/mol. The number of aromatic nitrogens is 1. The Morgan fingerprint density at radius 1 is 1.07 bits per heavy atom. The highest BCUT2D eigenvalue weighted by Crippen LogP contribution is 2.40. The molecular formula is C20H16Cl3FN2O2. The fourth-order valence-electron chi connectivity index (χ4n) is 2.81. The Hall–Kier alpha value is -2.21. The molecule has 0 spiro atoms. The third kappa shape index (κ3) is 3.97. The van der Waals surface area contributed by atoms with Gasteiger partial charge < -0.3 is 15.2 Å². The van der Waals surface area contributed by atoms with Crippen LogP contribution in [0.25, 0.3) is 11.1 Å². The second-order valence-electron chi connectivity index (χ2n) is 5.94. The summed E-state index contributed by atoms with van der Waals surface area (Å²) in [5.74, 6) is 0.431. The number of rotatable bonds is 5. The van der Waals surface area contributed by atoms with Gasteiger partial charge in [-0.05, 0) is 37.3 Å². The highest BCUT2D eigenvalue weighted by molar-refractivity contribution is 6.36. The van der Waals surface area contributed by atoms with Gasteiger partial charge in [0.25, 0.3) is 0 Å². The first-order chi connectivity index (χ1) is 13.3. The van der Waals surface area contributed by atoms with Crippen LogP contribution in [0, 0.1) is 5.82 Å². The molecule has 4 nitrogen and oxygen atoms in total. The number of hydrogen-bond acceptors (Lipinski definition) is 4. The molecule has 1 heterocycles. The quantitative estimate of drug-likeness (QED) is 0.454. The minimum atomic E-state index is -0.678. The standard InChI is InChI=1S/C20H16Cl3FN2O2/c1-10(17-13(22)6-7-14(24)19(17)23)28-16-8-11(9-26-20(16)25)18-12(21)4-3-5-15(18)27-2/h3-10H,1-2H3,(H2,25,26). The first-order valence-electron chi connectivity index (χ1n) is 8.22. The molecule has 2 N–H and O–H groups in total. The number of hydrogen-bond donors (Lipinski definition) is 1. The van der Waals surface area contributed by atoms with Gasteiger partial charge in [0.05, 0.1) is 17.2 Å². The number of pyridine rings is 1. The molecular weight excluding hydrogens is 426 g/mol. The van der Waals surface area contributed by atoms with Crippen LogP contribution in [0.2, 0.25) is 15.1 Å². The van der Waals surface area contributed by atoms with E-state index in [4.69, 9.17) is 50.0 Å². The Bertz CT molecular complexity index is 1030. The van der Waals surface area contributed by atoms with Crippen molar-refractivity contribution < 1.29 is 13.9 Å². The monoisotopic (exact) mass is 440 g/mol. The van der Waals surface area contributed by atoms with Crippen molar-refractivity contribution >= 4 is 40.6 Å². The molecule has 1 aromatic heterocycles. The van der Waals surface area contributed by atoms with Crippen molar-refractivity contribution in [2.24, 2.45) is 0 Å². The Kier molecular flexibility index (Phi) is 6.18. The molecule has 0 aliphatic rings. The van der Waals surface area contributed by atoms with Gasteiger partial charge in [0.1, 0.15) is 17.7 Å². The maximum Gasteiger partial charge on any atom is 0.166 e. The maximum absolute atomic E-state index is 13.8. The van der Waals surface area contributed by atoms with Crippen molar-refractivity contribution in [3.8, 4) is 22.6 Å². The molecule has 0 saturated carbocycles. The van der Waals surface area contributed by atoms with Gasteiger partial charge in [0.15, 0.2) is 11.6 Å². The lowest BCUT2D eigenvalue weighted by molar-refractivity contribution is 0.227. The normalized spacial score (nSPS) is 11.9. The lowest BCUT2D eigenvalue weighted by Crippen LogP contribution is -2.08. The van der Waals surface area contributed by atoms with E-state index in [2.05, 4.69) is 4.98 Å². The molecule has 28 heavy (non-hydrogen) atoms. The van der Waals surface area contributed by atoms with Crippen molar-refractivity contribution in [2.75, 3.05) is 12.8 Å². The molecule has 8 heteroatoms. The summed E-state index contributed by atoms with van der Waals surface area (Å²) in [5, 5.41) is 0.672. The third-order valence-electron chi connectivity index (χ3n) is 4.16. The lowest BCUT2D eigenvalue weighted by atomic mass is 10.1. The Morgan fingerprint density at radius 3 is 2.54 bits per heavy atom. The third-order valence-corrected chi connectivity index (χ3v) is 5.18. The average Bonchev–Trinajstić information content (AvgIpc) is 2.66. The molecule has 1 atom stereocenters. The van der Waals surface area contributed by atoms with E-state index in [0.29, 0.717) is 27.5 Å². The van der Waals surface area contributed by atoms with Gasteiger partial charge >= 0.3 is 0 Å². The summed E-state index contributed by atoms with van der Waals surface area (Å²) in [6.45, 7) is 1.69. The number of nitrogens with two attached hydrogens (primary N) is 1. The topological polar surface area (TPSA) is 57.4 Å². The van der Waals surface area contributed by atoms with Crippen molar-refractivity contribution in [1.82, 2.24) is 4.98 Å². The van der Waals surface area contributed by atoms with Crippen LogP contribution in [0.3, 0.4) is 0 Å². The van der Waals surface area contributed by atoms with Crippen LogP contribution < -0.4 is 15.2 Å². The number of ether oxygens (including phenoxy) is 2. The Labute approximate surface area is 177 Å². The maximum atomic E-state index is 13.8. The second kappa shape index (κ2) is 8.43. The summed E-state index contributed by atoms with van der Waals surface area (Å²) in [6, 6.07) is 9.61. The predicted molar refractivity (Wildman–Crippen MR) is 111 cm³/mol. The van der Waals surface area contributed by atoms with Crippen LogP contribution in [-0.4, -0.2) is 12.1 Å². The van der Waals surface area contributed by atoms with Crippen molar-refractivity contribution in [1.29, 1.82) is 0 Å². The van der Waals surface area contributed by atoms with E-state index in [9.17, 15) is 4.39 Å². The summed E-state index contributed by atoms with van der Waals surface area (Å²) in [4.78, 5) is 4.18. The summed E-state index contributed by atoms with van der Waals surface area (Å²) in [5.41, 5.74) is 7.59. The van der Waals surface area contributed by atoms with Crippen molar-refractivity contribution in [2.45, 2.75) is 13.0 Å². The fourth-order valence-corrected chi connectivity index (χ4v) is 3.76. The van der Waals surface area contributed by atoms with Gasteiger partial charge in [0, 0.05) is 27.9 Å². The van der Waals surface area contributed by atoms with E-state index < -0.39 is 11.9 Å². The van der Waals surface area contributed by atoms with E-state index >= 15 is 0 Å². The zero-order valence-corrected chi connectivity index (χ0v) is 17.2. The minimum absolute atomic E-state index is 0.101. The number of anilines is 1. The second-order valence-corrected chi connectivity index (χ2v) is 7.13. The molecule has 0 saturated heterocycles. The van der Waals surface area contributed by atoms with Gasteiger partial charge in [-0.2, -0.15) is 0 Å². The van der Waals surface area contributed by atoms with Crippen LogP contribution in [0.5, 0.6) is 11.5 Å². The molecule has 3 rings (SSSR count). The number of benzene rings is 2. The van der Waals surface area contributed by atoms with Crippen LogP contribution in [0.15, 0.2) is 42.6 Å². The van der Waals surface area contributed by atoms with Crippen LogP contribution >= 0.6 is 34.8 Å². The smallest absolute Gasteiger partial charge is 0.166 e. The zero-order chi connectivity index (χ0) is 20.4. The minimum Gasteiger partial charge on any atom is -0.496 e. The first kappa shape index (κ1) is 20.5. The van der Waals surface area contributed by atoms with E-state index in [0.717, 1.165) is 0 Å². The van der Waals surface area contributed by atoms with Crippen molar-refractivity contribution in [3.05, 3.63) is 69.0 Å². The highest BCUT2D eigenvalue weighted by atomic mass is 35.5. The first-order valence-corrected chi connectivity index (χ1v) is 9.35. The molecule has 0 radical (unpaired) electrons. The summed E-state index contributed by atoms with van der Waals surface area (Å²) < 4.78 is 25.1. The van der Waals surface area contributed by atoms with Crippen LogP contribution in [0.4, 0.5) is 10.2 Å². The summed E-state index contributed by atoms with van der Waals surface area (Å²) in [6.07, 6.45) is 0.891. The van der Waals surface area contributed by atoms with E-state index in [1.54, 1.807) is 44.5 Å². The van der Waals surface area contributed by atoms with Crippen molar-refractivity contribution in [3.63, 3.8) is 0 Å².